The first kappa shape index (κ1) is 20.8. The van der Waals surface area contributed by atoms with Crippen LogP contribution in [-0.4, -0.2) is 12.4 Å². The van der Waals surface area contributed by atoms with Gasteiger partial charge in [-0.1, -0.05) is 87.2 Å². The highest BCUT2D eigenvalue weighted by Crippen LogP contribution is 2.10. The zero-order valence-corrected chi connectivity index (χ0v) is 16.6. The summed E-state index contributed by atoms with van der Waals surface area (Å²) in [6.45, 7) is 6.01. The lowest BCUT2D eigenvalue weighted by molar-refractivity contribution is 0.632. The third kappa shape index (κ3) is 8.63. The van der Waals surface area contributed by atoms with E-state index in [2.05, 4.69) is 72.2 Å². The largest absolute Gasteiger partial charge is 0.159 e. The Kier molecular flexibility index (Phi) is 9.88. The van der Waals surface area contributed by atoms with Gasteiger partial charge in [0.2, 0.25) is 0 Å². The lowest BCUT2D eigenvalue weighted by atomic mass is 10.0. The predicted octanol–water partition coefficient (Wildman–Crippen LogP) is 6.77. The van der Waals surface area contributed by atoms with Gasteiger partial charge in [-0.2, -0.15) is 10.2 Å². The summed E-state index contributed by atoms with van der Waals surface area (Å²) >= 11 is 0. The minimum Gasteiger partial charge on any atom is -0.159 e. The zero-order valence-electron chi connectivity index (χ0n) is 16.6. The van der Waals surface area contributed by atoms with Gasteiger partial charge in [0.25, 0.3) is 0 Å². The average molecular weight is 361 g/mol. The molecule has 2 nitrogen and oxygen atoms in total. The van der Waals surface area contributed by atoms with Crippen molar-refractivity contribution in [3.8, 4) is 0 Å². The fourth-order valence-electron chi connectivity index (χ4n) is 2.94. The van der Waals surface area contributed by atoms with Gasteiger partial charge in [-0.25, -0.2) is 0 Å². The van der Waals surface area contributed by atoms with E-state index in [1.54, 1.807) is 12.4 Å². The Hall–Kier alpha value is -2.48. The van der Waals surface area contributed by atoms with Crippen LogP contribution in [0.3, 0.4) is 0 Å². The normalized spacial score (nSPS) is 11.4. The first-order chi connectivity index (χ1) is 13.3. The molecule has 142 valence electrons. The van der Waals surface area contributed by atoms with E-state index in [-0.39, 0.29) is 0 Å². The smallest absolute Gasteiger partial charge is 0.0568 e. The van der Waals surface area contributed by atoms with Crippen LogP contribution < -0.4 is 0 Å². The molecule has 2 rings (SSSR count). The summed E-state index contributed by atoms with van der Waals surface area (Å²) < 4.78 is 0. The minimum absolute atomic E-state index is 1.01. The Morgan fingerprint density at radius 1 is 0.704 bits per heavy atom. The number of hydrogen-bond donors (Lipinski definition) is 0. The van der Waals surface area contributed by atoms with E-state index >= 15 is 0 Å². The second-order valence-corrected chi connectivity index (χ2v) is 6.96. The molecule has 0 saturated heterocycles. The van der Waals surface area contributed by atoms with E-state index in [4.69, 9.17) is 0 Å². The quantitative estimate of drug-likeness (QED) is 0.173. The molecule has 0 bridgehead atoms. The van der Waals surface area contributed by atoms with E-state index in [0.29, 0.717) is 0 Å². The lowest BCUT2D eigenvalue weighted by Crippen LogP contribution is -1.88. The van der Waals surface area contributed by atoms with Gasteiger partial charge in [0.1, 0.15) is 0 Å². The maximum absolute atomic E-state index is 4.17. The van der Waals surface area contributed by atoms with E-state index in [1.165, 1.54) is 49.7 Å². The van der Waals surface area contributed by atoms with Crippen molar-refractivity contribution in [1.29, 1.82) is 0 Å². The molecular formula is C25H32N2. The molecule has 2 aromatic rings. The molecule has 0 aromatic heterocycles. The fraction of sp³-hybridized carbons (Fsp3) is 0.360. The van der Waals surface area contributed by atoms with Crippen LogP contribution in [0.1, 0.15) is 67.7 Å². The Labute approximate surface area is 164 Å². The number of rotatable bonds is 12. The number of hydrogen-bond acceptors (Lipinski definition) is 2. The van der Waals surface area contributed by atoms with Crippen molar-refractivity contribution >= 4 is 12.4 Å². The van der Waals surface area contributed by atoms with Gasteiger partial charge < -0.3 is 0 Å². The third-order valence-corrected chi connectivity index (χ3v) is 4.65. The number of aryl methyl sites for hydroxylation is 2. The molecule has 27 heavy (non-hydrogen) atoms. The summed E-state index contributed by atoms with van der Waals surface area (Å²) in [4.78, 5) is 0. The Bertz CT molecular complexity index is 709. The second kappa shape index (κ2) is 12.8. The molecule has 0 fully saturated rings. The molecule has 0 saturated carbocycles. The van der Waals surface area contributed by atoms with Gasteiger partial charge in [-0.05, 0) is 47.9 Å². The summed E-state index contributed by atoms with van der Waals surface area (Å²) in [5.74, 6) is 0. The van der Waals surface area contributed by atoms with Gasteiger partial charge in [0.15, 0.2) is 0 Å². The van der Waals surface area contributed by atoms with Crippen molar-refractivity contribution < 1.29 is 0 Å². The van der Waals surface area contributed by atoms with E-state index in [1.807, 2.05) is 6.08 Å². The maximum Gasteiger partial charge on any atom is 0.0568 e. The summed E-state index contributed by atoms with van der Waals surface area (Å²) in [6.07, 6.45) is 15.4. The highest BCUT2D eigenvalue weighted by molar-refractivity contribution is 5.82. The molecule has 0 radical (unpaired) electrons. The highest BCUT2D eigenvalue weighted by Gasteiger charge is 1.95. The van der Waals surface area contributed by atoms with E-state index in [0.717, 1.165) is 24.0 Å². The Balaban J connectivity index is 1.76. The van der Waals surface area contributed by atoms with Crippen molar-refractivity contribution in [3.63, 3.8) is 0 Å². The maximum atomic E-state index is 4.17. The van der Waals surface area contributed by atoms with Gasteiger partial charge in [-0.3, -0.25) is 0 Å². The van der Waals surface area contributed by atoms with Crippen LogP contribution in [0, 0.1) is 0 Å². The van der Waals surface area contributed by atoms with Gasteiger partial charge >= 0.3 is 0 Å². The first-order valence-electron chi connectivity index (χ1n) is 10.2. The zero-order chi connectivity index (χ0) is 19.2. The van der Waals surface area contributed by atoms with Crippen LogP contribution in [0.2, 0.25) is 0 Å². The van der Waals surface area contributed by atoms with Crippen molar-refractivity contribution in [1.82, 2.24) is 0 Å². The molecule has 2 aromatic carbocycles. The van der Waals surface area contributed by atoms with Crippen LogP contribution in [0.5, 0.6) is 0 Å². The van der Waals surface area contributed by atoms with Crippen LogP contribution in [0.25, 0.3) is 0 Å². The molecule has 0 spiro atoms. The highest BCUT2D eigenvalue weighted by atomic mass is 15.2. The molecule has 2 heteroatoms. The fourth-order valence-corrected chi connectivity index (χ4v) is 2.94. The van der Waals surface area contributed by atoms with Gasteiger partial charge in [0.05, 0.1) is 12.4 Å². The number of nitrogens with zero attached hydrogens (tertiary/aromatic N) is 2. The van der Waals surface area contributed by atoms with Crippen LogP contribution in [0.15, 0.2) is 71.4 Å². The van der Waals surface area contributed by atoms with Crippen molar-refractivity contribution in [2.75, 3.05) is 0 Å². The van der Waals surface area contributed by atoms with Crippen molar-refractivity contribution in [2.45, 2.75) is 58.3 Å². The molecule has 0 atom stereocenters. The Morgan fingerprint density at radius 2 is 1.22 bits per heavy atom. The molecule has 0 amide bonds. The standard InChI is InChI=1S/C25H32N2/c1-3-5-7-8-9-11-23-14-18-25(19-15-23)21-27-26-20-24-16-12-22(13-17-24)10-6-4-2/h4,12-21H,2-3,5-11H2,1H3/b26-20+,27-21+. The van der Waals surface area contributed by atoms with Gasteiger partial charge in [-0.15, -0.1) is 6.58 Å². The van der Waals surface area contributed by atoms with E-state index in [9.17, 15) is 0 Å². The van der Waals surface area contributed by atoms with Crippen LogP contribution in [-0.2, 0) is 12.8 Å². The van der Waals surface area contributed by atoms with Crippen LogP contribution >= 0.6 is 0 Å². The molecule has 0 heterocycles. The second-order valence-electron chi connectivity index (χ2n) is 6.96. The van der Waals surface area contributed by atoms with E-state index < -0.39 is 0 Å². The third-order valence-electron chi connectivity index (χ3n) is 4.65. The summed E-state index contributed by atoms with van der Waals surface area (Å²) in [5.41, 5.74) is 4.87. The number of unbranched alkanes of at least 4 members (excludes halogenated alkanes) is 4. The van der Waals surface area contributed by atoms with Crippen molar-refractivity contribution in [3.05, 3.63) is 83.4 Å². The molecule has 0 aliphatic heterocycles. The predicted molar refractivity (Wildman–Crippen MR) is 119 cm³/mol. The first-order valence-corrected chi connectivity index (χ1v) is 10.2. The Morgan fingerprint density at radius 3 is 1.74 bits per heavy atom. The summed E-state index contributed by atoms with van der Waals surface area (Å²) in [5, 5.41) is 8.32. The molecule has 0 aliphatic rings. The van der Waals surface area contributed by atoms with Gasteiger partial charge in [0, 0.05) is 0 Å². The number of allylic oxidation sites excluding steroid dienone is 1. The topological polar surface area (TPSA) is 24.7 Å². The monoisotopic (exact) mass is 360 g/mol. The van der Waals surface area contributed by atoms with Crippen molar-refractivity contribution in [2.24, 2.45) is 10.2 Å². The number of benzene rings is 2. The summed E-state index contributed by atoms with van der Waals surface area (Å²) in [6, 6.07) is 17.1. The molecule has 0 aliphatic carbocycles. The average Bonchev–Trinajstić information content (AvgIpc) is 2.71. The summed E-state index contributed by atoms with van der Waals surface area (Å²) in [7, 11) is 0. The molecular weight excluding hydrogens is 328 g/mol. The molecule has 0 N–H and O–H groups in total. The molecule has 0 unspecified atom stereocenters. The lowest BCUT2D eigenvalue weighted by Gasteiger charge is -2.02. The van der Waals surface area contributed by atoms with Crippen LogP contribution in [0.4, 0.5) is 0 Å². The minimum atomic E-state index is 1.01. The SMILES string of the molecule is C=CCCc1ccc(/C=N/N=C/c2ccc(CCCCCCC)cc2)cc1.